The minimum Gasteiger partial charge on any atom is -0.391 e. The highest BCUT2D eigenvalue weighted by molar-refractivity contribution is 5.35. The molecule has 1 unspecified atom stereocenters. The Kier molecular flexibility index (Phi) is 1.88. The predicted octanol–water partition coefficient (Wildman–Crippen LogP) is 0.00140. The summed E-state index contributed by atoms with van der Waals surface area (Å²) in [7, 11) is 0. The maximum Gasteiger partial charge on any atom is 0.320 e. The normalized spacial score (nSPS) is 25.6. The van der Waals surface area contributed by atoms with Gasteiger partial charge in [-0.15, -0.1) is 0 Å². The number of aromatic nitrogens is 2. The summed E-state index contributed by atoms with van der Waals surface area (Å²) in [5, 5.41) is 17.1. The molecule has 78 valence electrons. The second kappa shape index (κ2) is 2.84. The molecule has 0 amide bonds. The van der Waals surface area contributed by atoms with Gasteiger partial charge in [-0.1, -0.05) is 10.2 Å². The maximum atomic E-state index is 9.73. The summed E-state index contributed by atoms with van der Waals surface area (Å²) in [6.07, 6.45) is 0.325. The first-order chi connectivity index (χ1) is 6.51. The van der Waals surface area contributed by atoms with Gasteiger partial charge in [-0.25, -0.2) is 0 Å². The zero-order valence-corrected chi connectivity index (χ0v) is 8.27. The summed E-state index contributed by atoms with van der Waals surface area (Å²) >= 11 is 0. The maximum absolute atomic E-state index is 9.73. The molecule has 6 nitrogen and oxygen atoms in total. The molecule has 2 rings (SSSR count). The van der Waals surface area contributed by atoms with Crippen molar-refractivity contribution in [2.45, 2.75) is 31.9 Å². The van der Waals surface area contributed by atoms with E-state index in [4.69, 9.17) is 10.2 Å². The van der Waals surface area contributed by atoms with E-state index in [0.29, 0.717) is 19.0 Å². The SMILES string of the molecule is CC1(C)C(O)CCN1c1nnc(N)o1. The van der Waals surface area contributed by atoms with Crippen molar-refractivity contribution in [3.05, 3.63) is 0 Å². The van der Waals surface area contributed by atoms with Crippen LogP contribution in [0.4, 0.5) is 12.0 Å². The fourth-order valence-electron chi connectivity index (χ4n) is 1.75. The van der Waals surface area contributed by atoms with Gasteiger partial charge < -0.3 is 20.2 Å². The Hall–Kier alpha value is -1.30. The molecule has 14 heavy (non-hydrogen) atoms. The molecule has 6 heteroatoms. The molecular weight excluding hydrogens is 184 g/mol. The lowest BCUT2D eigenvalue weighted by molar-refractivity contribution is 0.126. The largest absolute Gasteiger partial charge is 0.391 e. The molecule has 1 aromatic heterocycles. The van der Waals surface area contributed by atoms with Gasteiger partial charge in [-0.05, 0) is 20.3 Å². The number of rotatable bonds is 1. The highest BCUT2D eigenvalue weighted by Crippen LogP contribution is 2.33. The van der Waals surface area contributed by atoms with Crippen LogP contribution in [0.15, 0.2) is 4.42 Å². The zero-order valence-electron chi connectivity index (χ0n) is 8.27. The summed E-state index contributed by atoms with van der Waals surface area (Å²) in [5.74, 6) is 0. The van der Waals surface area contributed by atoms with Crippen molar-refractivity contribution in [1.82, 2.24) is 10.2 Å². The second-order valence-electron chi connectivity index (χ2n) is 4.03. The van der Waals surface area contributed by atoms with Gasteiger partial charge in [0.1, 0.15) is 0 Å². The number of nitrogen functional groups attached to an aromatic ring is 1. The highest BCUT2D eigenvalue weighted by Gasteiger charge is 2.42. The monoisotopic (exact) mass is 198 g/mol. The van der Waals surface area contributed by atoms with Crippen LogP contribution in [-0.2, 0) is 0 Å². The molecule has 1 aliphatic rings. The lowest BCUT2D eigenvalue weighted by Crippen LogP contribution is -2.45. The van der Waals surface area contributed by atoms with Crippen molar-refractivity contribution < 1.29 is 9.52 Å². The van der Waals surface area contributed by atoms with Gasteiger partial charge in [0, 0.05) is 6.54 Å². The smallest absolute Gasteiger partial charge is 0.320 e. The predicted molar refractivity (Wildman–Crippen MR) is 50.8 cm³/mol. The highest BCUT2D eigenvalue weighted by atomic mass is 16.4. The van der Waals surface area contributed by atoms with Gasteiger partial charge in [0.2, 0.25) is 0 Å². The van der Waals surface area contributed by atoms with E-state index >= 15 is 0 Å². The number of anilines is 2. The van der Waals surface area contributed by atoms with Crippen molar-refractivity contribution in [3.63, 3.8) is 0 Å². The minimum atomic E-state index is -0.379. The Bertz CT molecular complexity index is 336. The van der Waals surface area contributed by atoms with Crippen molar-refractivity contribution in [3.8, 4) is 0 Å². The number of nitrogens with zero attached hydrogens (tertiary/aromatic N) is 3. The minimum absolute atomic E-state index is 0.0530. The fraction of sp³-hybridized carbons (Fsp3) is 0.750. The first kappa shape index (κ1) is 9.26. The molecule has 1 saturated heterocycles. The van der Waals surface area contributed by atoms with Crippen LogP contribution in [0, 0.1) is 0 Å². The molecule has 2 heterocycles. The topological polar surface area (TPSA) is 88.4 Å². The lowest BCUT2D eigenvalue weighted by atomic mass is 9.99. The van der Waals surface area contributed by atoms with Crippen LogP contribution in [0.1, 0.15) is 20.3 Å². The number of hydrogen-bond donors (Lipinski definition) is 2. The molecule has 1 aliphatic heterocycles. The second-order valence-corrected chi connectivity index (χ2v) is 4.03. The van der Waals surface area contributed by atoms with Crippen LogP contribution in [0.5, 0.6) is 0 Å². The Labute approximate surface area is 81.7 Å². The van der Waals surface area contributed by atoms with E-state index < -0.39 is 0 Å². The Morgan fingerprint density at radius 2 is 2.29 bits per heavy atom. The summed E-state index contributed by atoms with van der Waals surface area (Å²) in [6.45, 7) is 4.58. The average molecular weight is 198 g/mol. The Morgan fingerprint density at radius 3 is 2.71 bits per heavy atom. The molecule has 0 radical (unpaired) electrons. The van der Waals surface area contributed by atoms with Crippen molar-refractivity contribution in [2.24, 2.45) is 0 Å². The van der Waals surface area contributed by atoms with E-state index in [9.17, 15) is 5.11 Å². The molecule has 1 atom stereocenters. The first-order valence-corrected chi connectivity index (χ1v) is 4.56. The average Bonchev–Trinajstić information content (AvgIpc) is 2.60. The molecule has 1 fully saturated rings. The third-order valence-electron chi connectivity index (χ3n) is 2.80. The van der Waals surface area contributed by atoms with Gasteiger partial charge in [0.25, 0.3) is 0 Å². The Balaban J connectivity index is 2.28. The van der Waals surface area contributed by atoms with Crippen molar-refractivity contribution in [1.29, 1.82) is 0 Å². The van der Waals surface area contributed by atoms with Crippen LogP contribution in [0.2, 0.25) is 0 Å². The summed E-state index contributed by atoms with van der Waals surface area (Å²) < 4.78 is 5.12. The van der Waals surface area contributed by atoms with Crippen LogP contribution in [0.25, 0.3) is 0 Å². The summed E-state index contributed by atoms with van der Waals surface area (Å²) in [5.41, 5.74) is 4.96. The third kappa shape index (κ3) is 1.22. The van der Waals surface area contributed by atoms with Gasteiger partial charge in [-0.2, -0.15) is 0 Å². The van der Waals surface area contributed by atoms with E-state index in [2.05, 4.69) is 10.2 Å². The number of nitrogens with two attached hydrogens (primary N) is 1. The summed E-state index contributed by atoms with van der Waals surface area (Å²) in [4.78, 5) is 1.88. The van der Waals surface area contributed by atoms with Gasteiger partial charge in [0.15, 0.2) is 0 Å². The molecule has 0 bridgehead atoms. The molecule has 0 aliphatic carbocycles. The zero-order chi connectivity index (χ0) is 10.3. The molecule has 0 spiro atoms. The number of aliphatic hydroxyl groups is 1. The van der Waals surface area contributed by atoms with Gasteiger partial charge in [0.05, 0.1) is 11.6 Å². The lowest BCUT2D eigenvalue weighted by Gasteiger charge is -2.31. The standard InChI is InChI=1S/C8H14N4O2/c1-8(2)5(13)3-4-12(8)7-11-10-6(9)14-7/h5,13H,3-4H2,1-2H3,(H2,9,10). The van der Waals surface area contributed by atoms with Gasteiger partial charge >= 0.3 is 12.0 Å². The molecular formula is C8H14N4O2. The van der Waals surface area contributed by atoms with E-state index in [1.165, 1.54) is 0 Å². The molecule has 0 aromatic carbocycles. The van der Waals surface area contributed by atoms with E-state index in [1.54, 1.807) is 0 Å². The van der Waals surface area contributed by atoms with Crippen LogP contribution in [-0.4, -0.2) is 33.5 Å². The van der Waals surface area contributed by atoms with E-state index in [0.717, 1.165) is 0 Å². The van der Waals surface area contributed by atoms with Crippen LogP contribution >= 0.6 is 0 Å². The molecule has 1 aromatic rings. The number of aliphatic hydroxyl groups excluding tert-OH is 1. The van der Waals surface area contributed by atoms with Crippen molar-refractivity contribution in [2.75, 3.05) is 17.2 Å². The van der Waals surface area contributed by atoms with Crippen LogP contribution in [0.3, 0.4) is 0 Å². The van der Waals surface area contributed by atoms with Gasteiger partial charge in [-0.3, -0.25) is 0 Å². The van der Waals surface area contributed by atoms with E-state index in [1.807, 2.05) is 18.7 Å². The fourth-order valence-corrected chi connectivity index (χ4v) is 1.75. The van der Waals surface area contributed by atoms with Crippen molar-refractivity contribution >= 4 is 12.0 Å². The third-order valence-corrected chi connectivity index (χ3v) is 2.80. The Morgan fingerprint density at radius 1 is 1.57 bits per heavy atom. The molecule has 3 N–H and O–H groups in total. The summed E-state index contributed by atoms with van der Waals surface area (Å²) in [6, 6.07) is 0.432. The quantitative estimate of drug-likeness (QED) is 0.660. The first-order valence-electron chi connectivity index (χ1n) is 4.56. The van der Waals surface area contributed by atoms with E-state index in [-0.39, 0.29) is 17.7 Å². The van der Waals surface area contributed by atoms with Crippen LogP contribution < -0.4 is 10.6 Å². The number of hydrogen-bond acceptors (Lipinski definition) is 6. The molecule has 0 saturated carbocycles.